The first kappa shape index (κ1) is 17.0. The zero-order valence-electron chi connectivity index (χ0n) is 11.4. The predicted molar refractivity (Wildman–Crippen MR) is 79.1 cm³/mol. The van der Waals surface area contributed by atoms with E-state index in [1.165, 1.54) is 7.05 Å². The SMILES string of the molecule is CN(Cc1ccc(Br)cc1)S(=O)(=O)c1ccc(F)c(F)c1F. The van der Waals surface area contributed by atoms with Crippen LogP contribution in [-0.2, 0) is 16.6 Å². The molecule has 22 heavy (non-hydrogen) atoms. The van der Waals surface area contributed by atoms with Gasteiger partial charge >= 0.3 is 0 Å². The summed E-state index contributed by atoms with van der Waals surface area (Å²) in [4.78, 5) is -0.897. The lowest BCUT2D eigenvalue weighted by Crippen LogP contribution is -2.27. The molecule has 0 amide bonds. The van der Waals surface area contributed by atoms with E-state index >= 15 is 0 Å². The fourth-order valence-corrected chi connectivity index (χ4v) is 3.28. The van der Waals surface area contributed by atoms with Crippen molar-refractivity contribution >= 4 is 26.0 Å². The summed E-state index contributed by atoms with van der Waals surface area (Å²) in [5, 5.41) is 0. The van der Waals surface area contributed by atoms with Gasteiger partial charge in [0.2, 0.25) is 10.0 Å². The maximum atomic E-state index is 13.7. The summed E-state index contributed by atoms with van der Waals surface area (Å²) in [6.07, 6.45) is 0. The lowest BCUT2D eigenvalue weighted by Gasteiger charge is -2.18. The molecular formula is C14H11BrF3NO2S. The maximum absolute atomic E-state index is 13.7. The molecule has 0 N–H and O–H groups in total. The van der Waals surface area contributed by atoms with Gasteiger partial charge in [-0.1, -0.05) is 28.1 Å². The molecule has 0 atom stereocenters. The maximum Gasteiger partial charge on any atom is 0.246 e. The van der Waals surface area contributed by atoms with Crippen molar-refractivity contribution in [3.8, 4) is 0 Å². The van der Waals surface area contributed by atoms with Gasteiger partial charge < -0.3 is 0 Å². The average molecular weight is 394 g/mol. The van der Waals surface area contributed by atoms with Crippen LogP contribution in [0.2, 0.25) is 0 Å². The van der Waals surface area contributed by atoms with E-state index < -0.39 is 32.4 Å². The Morgan fingerprint density at radius 3 is 2.18 bits per heavy atom. The van der Waals surface area contributed by atoms with E-state index in [-0.39, 0.29) is 6.54 Å². The number of hydrogen-bond donors (Lipinski definition) is 0. The van der Waals surface area contributed by atoms with Crippen LogP contribution in [0.4, 0.5) is 13.2 Å². The lowest BCUT2D eigenvalue weighted by atomic mass is 10.2. The highest BCUT2D eigenvalue weighted by Crippen LogP contribution is 2.23. The highest BCUT2D eigenvalue weighted by atomic mass is 79.9. The smallest absolute Gasteiger partial charge is 0.207 e. The number of benzene rings is 2. The van der Waals surface area contributed by atoms with Crippen LogP contribution in [0.5, 0.6) is 0 Å². The minimum atomic E-state index is -4.28. The van der Waals surface area contributed by atoms with E-state index in [9.17, 15) is 21.6 Å². The summed E-state index contributed by atoms with van der Waals surface area (Å²) in [5.74, 6) is -4.97. The van der Waals surface area contributed by atoms with Crippen LogP contribution in [0.1, 0.15) is 5.56 Å². The molecule has 0 radical (unpaired) electrons. The second kappa shape index (κ2) is 6.39. The summed E-state index contributed by atoms with van der Waals surface area (Å²) in [7, 11) is -3.04. The molecule has 0 aliphatic rings. The van der Waals surface area contributed by atoms with E-state index in [0.29, 0.717) is 17.7 Å². The van der Waals surface area contributed by atoms with Crippen molar-refractivity contribution in [1.82, 2.24) is 4.31 Å². The molecule has 0 saturated heterocycles. The van der Waals surface area contributed by atoms with Crippen LogP contribution in [0.3, 0.4) is 0 Å². The van der Waals surface area contributed by atoms with Gasteiger partial charge in [-0.2, -0.15) is 4.31 Å². The molecule has 0 fully saturated rings. The van der Waals surface area contributed by atoms with E-state index in [1.807, 2.05) is 0 Å². The van der Waals surface area contributed by atoms with Crippen molar-refractivity contribution < 1.29 is 21.6 Å². The molecule has 0 unspecified atom stereocenters. The Morgan fingerprint density at radius 1 is 1.00 bits per heavy atom. The first-order chi connectivity index (χ1) is 10.2. The van der Waals surface area contributed by atoms with Crippen LogP contribution in [0.25, 0.3) is 0 Å². The van der Waals surface area contributed by atoms with Gasteiger partial charge in [0.25, 0.3) is 0 Å². The summed E-state index contributed by atoms with van der Waals surface area (Å²) >= 11 is 3.25. The highest BCUT2D eigenvalue weighted by molar-refractivity contribution is 9.10. The lowest BCUT2D eigenvalue weighted by molar-refractivity contribution is 0.421. The van der Waals surface area contributed by atoms with Crippen LogP contribution in [-0.4, -0.2) is 19.8 Å². The molecule has 0 aliphatic heterocycles. The normalized spacial score (nSPS) is 11.9. The molecule has 0 bridgehead atoms. The molecule has 0 saturated carbocycles. The number of rotatable bonds is 4. The van der Waals surface area contributed by atoms with Gasteiger partial charge in [0.15, 0.2) is 17.5 Å². The molecule has 0 spiro atoms. The fourth-order valence-electron chi connectivity index (χ4n) is 1.81. The average Bonchev–Trinajstić information content (AvgIpc) is 2.47. The first-order valence-electron chi connectivity index (χ1n) is 6.08. The van der Waals surface area contributed by atoms with Gasteiger partial charge in [-0.3, -0.25) is 0 Å². The third-order valence-electron chi connectivity index (χ3n) is 3.01. The highest BCUT2D eigenvalue weighted by Gasteiger charge is 2.27. The molecule has 2 rings (SSSR count). The van der Waals surface area contributed by atoms with Gasteiger partial charge in [0, 0.05) is 18.1 Å². The third-order valence-corrected chi connectivity index (χ3v) is 5.36. The largest absolute Gasteiger partial charge is 0.246 e. The summed E-state index contributed by atoms with van der Waals surface area (Å²) in [5.41, 5.74) is 0.664. The van der Waals surface area contributed by atoms with Gasteiger partial charge in [-0.25, -0.2) is 21.6 Å². The monoisotopic (exact) mass is 393 g/mol. The Kier molecular flexibility index (Phi) is 4.93. The van der Waals surface area contributed by atoms with Crippen molar-refractivity contribution in [2.75, 3.05) is 7.05 Å². The van der Waals surface area contributed by atoms with E-state index in [2.05, 4.69) is 15.9 Å². The predicted octanol–water partition coefficient (Wildman–Crippen LogP) is 3.69. The van der Waals surface area contributed by atoms with E-state index in [1.54, 1.807) is 24.3 Å². The Labute approximate surface area is 134 Å². The van der Waals surface area contributed by atoms with Gasteiger partial charge in [-0.15, -0.1) is 0 Å². The second-order valence-electron chi connectivity index (χ2n) is 4.56. The van der Waals surface area contributed by atoms with Crippen molar-refractivity contribution in [3.63, 3.8) is 0 Å². The third kappa shape index (κ3) is 3.34. The number of nitrogens with zero attached hydrogens (tertiary/aromatic N) is 1. The number of halogens is 4. The first-order valence-corrected chi connectivity index (χ1v) is 8.31. The number of hydrogen-bond acceptors (Lipinski definition) is 2. The topological polar surface area (TPSA) is 37.4 Å². The minimum Gasteiger partial charge on any atom is -0.207 e. The van der Waals surface area contributed by atoms with Gasteiger partial charge in [0.1, 0.15) is 4.90 Å². The Balaban J connectivity index is 2.34. The molecule has 3 nitrogen and oxygen atoms in total. The molecule has 118 valence electrons. The van der Waals surface area contributed by atoms with Crippen LogP contribution >= 0.6 is 15.9 Å². The van der Waals surface area contributed by atoms with Crippen LogP contribution < -0.4 is 0 Å². The zero-order chi connectivity index (χ0) is 16.5. The molecule has 0 heterocycles. The van der Waals surface area contributed by atoms with Crippen molar-refractivity contribution in [3.05, 3.63) is 63.9 Å². The number of sulfonamides is 1. The van der Waals surface area contributed by atoms with Crippen molar-refractivity contribution in [2.24, 2.45) is 0 Å². The second-order valence-corrected chi connectivity index (χ2v) is 7.49. The van der Waals surface area contributed by atoms with Gasteiger partial charge in [0.05, 0.1) is 0 Å². The molecule has 2 aromatic rings. The standard InChI is InChI=1S/C14H11BrF3NO2S/c1-19(8-9-2-4-10(15)5-3-9)22(20,21)12-7-6-11(16)13(17)14(12)18/h2-7H,8H2,1H3. The summed E-state index contributed by atoms with van der Waals surface area (Å²) in [6, 6.07) is 8.14. The molecule has 0 aliphatic carbocycles. The van der Waals surface area contributed by atoms with Crippen LogP contribution in [0.15, 0.2) is 45.8 Å². The molecule has 0 aromatic heterocycles. The molecular weight excluding hydrogens is 383 g/mol. The van der Waals surface area contributed by atoms with Crippen molar-refractivity contribution in [2.45, 2.75) is 11.4 Å². The van der Waals surface area contributed by atoms with Crippen LogP contribution in [0, 0.1) is 17.5 Å². The Hall–Kier alpha value is -1.38. The van der Waals surface area contributed by atoms with Crippen molar-refractivity contribution in [1.29, 1.82) is 0 Å². The Morgan fingerprint density at radius 2 is 1.59 bits per heavy atom. The molecule has 2 aromatic carbocycles. The fraction of sp³-hybridized carbons (Fsp3) is 0.143. The van der Waals surface area contributed by atoms with E-state index in [4.69, 9.17) is 0 Å². The minimum absolute atomic E-state index is 0.0337. The molecule has 8 heteroatoms. The Bertz CT molecular complexity index is 794. The summed E-state index contributed by atoms with van der Waals surface area (Å²) in [6.45, 7) is -0.0337. The van der Waals surface area contributed by atoms with E-state index in [0.717, 1.165) is 8.78 Å². The van der Waals surface area contributed by atoms with Gasteiger partial charge in [-0.05, 0) is 29.8 Å². The zero-order valence-corrected chi connectivity index (χ0v) is 13.8. The summed E-state index contributed by atoms with van der Waals surface area (Å²) < 4.78 is 66.1. The quantitative estimate of drug-likeness (QED) is 0.742.